The summed E-state index contributed by atoms with van der Waals surface area (Å²) in [5.41, 5.74) is 10.7. The highest BCUT2D eigenvalue weighted by molar-refractivity contribution is 6.30. The molecule has 0 aliphatic carbocycles. The number of hydrogen-bond donors (Lipinski definition) is 1. The Morgan fingerprint density at radius 2 is 1.80 bits per heavy atom. The van der Waals surface area contributed by atoms with E-state index in [2.05, 4.69) is 49.2 Å². The van der Waals surface area contributed by atoms with Crippen molar-refractivity contribution in [1.29, 1.82) is 0 Å². The molecule has 3 heteroatoms. The minimum Gasteiger partial charge on any atom is -0.344 e. The fraction of sp³-hybridized carbons (Fsp3) is 0.294. The molecule has 2 N–H and O–H groups in total. The molecule has 0 fully saturated rings. The summed E-state index contributed by atoms with van der Waals surface area (Å²) in [6.45, 7) is 4.10. The Morgan fingerprint density at radius 3 is 2.40 bits per heavy atom. The molecular formula is C17H21ClN2. The molecule has 0 heterocycles. The lowest BCUT2D eigenvalue weighted by Crippen LogP contribution is -2.20. The fourth-order valence-corrected chi connectivity index (χ4v) is 2.49. The second-order valence-corrected chi connectivity index (χ2v) is 5.79. The van der Waals surface area contributed by atoms with Crippen molar-refractivity contribution >= 4 is 23.0 Å². The van der Waals surface area contributed by atoms with Crippen molar-refractivity contribution in [3.63, 3.8) is 0 Å². The van der Waals surface area contributed by atoms with Crippen molar-refractivity contribution in [3.05, 3.63) is 58.6 Å². The summed E-state index contributed by atoms with van der Waals surface area (Å²) < 4.78 is 0. The number of nitrogens with two attached hydrogens (primary N) is 1. The van der Waals surface area contributed by atoms with Crippen LogP contribution < -0.4 is 10.6 Å². The molecule has 2 aromatic rings. The van der Waals surface area contributed by atoms with Gasteiger partial charge in [-0.15, -0.1) is 0 Å². The van der Waals surface area contributed by atoms with E-state index in [1.807, 2.05) is 19.1 Å². The average molecular weight is 289 g/mol. The zero-order valence-corrected chi connectivity index (χ0v) is 13.0. The Hall–Kier alpha value is -1.51. The van der Waals surface area contributed by atoms with E-state index in [-0.39, 0.29) is 6.04 Å². The zero-order valence-electron chi connectivity index (χ0n) is 12.2. The minimum absolute atomic E-state index is 0.110. The quantitative estimate of drug-likeness (QED) is 0.908. The highest BCUT2D eigenvalue weighted by Crippen LogP contribution is 2.30. The second kappa shape index (κ2) is 6.29. The maximum absolute atomic E-state index is 6.11. The molecule has 0 aromatic heterocycles. The molecule has 20 heavy (non-hydrogen) atoms. The van der Waals surface area contributed by atoms with E-state index in [1.54, 1.807) is 0 Å². The summed E-state index contributed by atoms with van der Waals surface area (Å²) in [6, 6.07) is 14.6. The molecule has 0 saturated carbocycles. The van der Waals surface area contributed by atoms with Gasteiger partial charge in [0.15, 0.2) is 0 Å². The molecule has 0 aliphatic rings. The Kier molecular flexibility index (Phi) is 4.69. The van der Waals surface area contributed by atoms with Crippen LogP contribution in [0.3, 0.4) is 0 Å². The summed E-state index contributed by atoms with van der Waals surface area (Å²) in [5, 5.41) is 0.752. The van der Waals surface area contributed by atoms with Gasteiger partial charge in [-0.3, -0.25) is 0 Å². The van der Waals surface area contributed by atoms with Gasteiger partial charge in [-0.2, -0.15) is 0 Å². The van der Waals surface area contributed by atoms with E-state index in [4.69, 9.17) is 17.3 Å². The number of rotatable bonds is 4. The highest BCUT2D eigenvalue weighted by Gasteiger charge is 2.11. The molecule has 2 aromatic carbocycles. The third-order valence-electron chi connectivity index (χ3n) is 3.37. The molecule has 1 atom stereocenters. The number of aryl methyl sites for hydroxylation is 1. The van der Waals surface area contributed by atoms with Crippen LogP contribution in [0, 0.1) is 6.92 Å². The first-order valence-electron chi connectivity index (χ1n) is 6.82. The maximum Gasteiger partial charge on any atom is 0.0442 e. The van der Waals surface area contributed by atoms with Crippen molar-refractivity contribution in [2.24, 2.45) is 5.73 Å². The lowest BCUT2D eigenvalue weighted by molar-refractivity contribution is 0.737. The van der Waals surface area contributed by atoms with Crippen molar-refractivity contribution in [1.82, 2.24) is 0 Å². The third kappa shape index (κ3) is 3.53. The van der Waals surface area contributed by atoms with Crippen LogP contribution in [0.1, 0.15) is 18.1 Å². The van der Waals surface area contributed by atoms with E-state index in [0.29, 0.717) is 0 Å². The lowest BCUT2D eigenvalue weighted by Gasteiger charge is -2.24. The molecule has 1 unspecified atom stereocenters. The predicted octanol–water partition coefficient (Wildman–Crippen LogP) is 4.31. The number of anilines is 2. The van der Waals surface area contributed by atoms with Crippen LogP contribution in [-0.4, -0.2) is 13.1 Å². The molecule has 0 aliphatic heterocycles. The molecule has 0 radical (unpaired) electrons. The van der Waals surface area contributed by atoms with Crippen molar-refractivity contribution in [2.45, 2.75) is 26.3 Å². The van der Waals surface area contributed by atoms with Gasteiger partial charge >= 0.3 is 0 Å². The van der Waals surface area contributed by atoms with Gasteiger partial charge in [0.25, 0.3) is 0 Å². The van der Waals surface area contributed by atoms with E-state index < -0.39 is 0 Å². The standard InChI is InChI=1S/C17H21ClN2/c1-12-4-7-16(8-5-12)20(3)17-9-6-15(18)11-14(17)10-13(2)19/h4-9,11,13H,10,19H2,1-3H3. The topological polar surface area (TPSA) is 29.3 Å². The Bertz CT molecular complexity index is 576. The SMILES string of the molecule is Cc1ccc(N(C)c2ccc(Cl)cc2CC(C)N)cc1. The van der Waals surface area contributed by atoms with Gasteiger partial charge in [0.1, 0.15) is 0 Å². The molecule has 0 spiro atoms. The summed E-state index contributed by atoms with van der Waals surface area (Å²) in [7, 11) is 2.07. The zero-order chi connectivity index (χ0) is 14.7. The van der Waals surface area contributed by atoms with Crippen LogP contribution >= 0.6 is 11.6 Å². The maximum atomic E-state index is 6.11. The second-order valence-electron chi connectivity index (χ2n) is 5.35. The van der Waals surface area contributed by atoms with Gasteiger partial charge < -0.3 is 10.6 Å². The van der Waals surface area contributed by atoms with Gasteiger partial charge in [0.05, 0.1) is 0 Å². The van der Waals surface area contributed by atoms with Gasteiger partial charge in [0, 0.05) is 29.5 Å². The normalized spacial score (nSPS) is 12.2. The summed E-state index contributed by atoms with van der Waals surface area (Å²) >= 11 is 6.11. The van der Waals surface area contributed by atoms with Gasteiger partial charge in [-0.05, 0) is 56.2 Å². The number of nitrogens with zero attached hydrogens (tertiary/aromatic N) is 1. The lowest BCUT2D eigenvalue weighted by atomic mass is 10.0. The molecule has 2 nitrogen and oxygen atoms in total. The highest BCUT2D eigenvalue weighted by atomic mass is 35.5. The van der Waals surface area contributed by atoms with E-state index in [1.165, 1.54) is 11.1 Å². The average Bonchev–Trinajstić information content (AvgIpc) is 2.38. The first kappa shape index (κ1) is 14.9. The van der Waals surface area contributed by atoms with E-state index >= 15 is 0 Å². The first-order chi connectivity index (χ1) is 9.47. The summed E-state index contributed by atoms with van der Waals surface area (Å²) in [5.74, 6) is 0. The van der Waals surface area contributed by atoms with Crippen LogP contribution in [0.25, 0.3) is 0 Å². The third-order valence-corrected chi connectivity index (χ3v) is 3.60. The Morgan fingerprint density at radius 1 is 1.15 bits per heavy atom. The monoisotopic (exact) mass is 288 g/mol. The van der Waals surface area contributed by atoms with Crippen LogP contribution in [0.5, 0.6) is 0 Å². The largest absolute Gasteiger partial charge is 0.344 e. The van der Waals surface area contributed by atoms with Crippen LogP contribution in [0.2, 0.25) is 5.02 Å². The predicted molar refractivity (Wildman–Crippen MR) is 88.0 cm³/mol. The van der Waals surface area contributed by atoms with Crippen molar-refractivity contribution in [2.75, 3.05) is 11.9 Å². The Labute approximate surface area is 126 Å². The number of hydrogen-bond acceptors (Lipinski definition) is 2. The van der Waals surface area contributed by atoms with Crippen molar-refractivity contribution in [3.8, 4) is 0 Å². The van der Waals surface area contributed by atoms with Crippen LogP contribution in [0.4, 0.5) is 11.4 Å². The fourth-order valence-electron chi connectivity index (χ4n) is 2.30. The van der Waals surface area contributed by atoms with Crippen LogP contribution in [-0.2, 0) is 6.42 Å². The van der Waals surface area contributed by atoms with Gasteiger partial charge in [-0.25, -0.2) is 0 Å². The smallest absolute Gasteiger partial charge is 0.0442 e. The van der Waals surface area contributed by atoms with Gasteiger partial charge in [-0.1, -0.05) is 29.3 Å². The molecule has 106 valence electrons. The van der Waals surface area contributed by atoms with Crippen LogP contribution in [0.15, 0.2) is 42.5 Å². The van der Waals surface area contributed by atoms with E-state index in [9.17, 15) is 0 Å². The van der Waals surface area contributed by atoms with E-state index in [0.717, 1.165) is 22.8 Å². The minimum atomic E-state index is 0.110. The molecule has 2 rings (SSSR count). The number of halogens is 1. The van der Waals surface area contributed by atoms with Crippen molar-refractivity contribution < 1.29 is 0 Å². The molecule has 0 amide bonds. The Balaban J connectivity index is 2.37. The number of benzene rings is 2. The van der Waals surface area contributed by atoms with Gasteiger partial charge in [0.2, 0.25) is 0 Å². The first-order valence-corrected chi connectivity index (χ1v) is 7.19. The summed E-state index contributed by atoms with van der Waals surface area (Å²) in [4.78, 5) is 2.17. The molecular weight excluding hydrogens is 268 g/mol. The molecule has 0 saturated heterocycles. The summed E-state index contributed by atoms with van der Waals surface area (Å²) in [6.07, 6.45) is 0.812. The molecule has 0 bridgehead atoms.